The quantitative estimate of drug-likeness (QED) is 0.372. The molecule has 1 unspecified atom stereocenters. The number of carbonyl (C=O) groups excluding carboxylic acids is 2. The van der Waals surface area contributed by atoms with Crippen molar-refractivity contribution < 1.29 is 14.0 Å². The minimum absolute atomic E-state index is 0.0535. The topological polar surface area (TPSA) is 49.4 Å². The van der Waals surface area contributed by atoms with Crippen molar-refractivity contribution in [2.45, 2.75) is 50.2 Å². The standard InChI is InChI=1S/C28H31FN2O2S/c1-21(2)30-28(33)26(19-22-9-5-3-6-10-22)31(20-23-13-15-24(29)16-14-23)27(32)17-18-34-25-11-7-4-8-12-25/h3-16,21,26H,17-20H2,1-2H3,(H,30,33). The first-order valence-corrected chi connectivity index (χ1v) is 12.5. The van der Waals surface area contributed by atoms with E-state index in [1.165, 1.54) is 12.1 Å². The van der Waals surface area contributed by atoms with Crippen LogP contribution in [0.25, 0.3) is 0 Å². The second-order valence-electron chi connectivity index (χ2n) is 8.43. The molecule has 0 fully saturated rings. The van der Waals surface area contributed by atoms with Crippen molar-refractivity contribution in [3.8, 4) is 0 Å². The van der Waals surface area contributed by atoms with Crippen LogP contribution in [0, 0.1) is 5.82 Å². The zero-order valence-electron chi connectivity index (χ0n) is 19.6. The van der Waals surface area contributed by atoms with E-state index >= 15 is 0 Å². The van der Waals surface area contributed by atoms with Gasteiger partial charge in [0.1, 0.15) is 11.9 Å². The molecule has 0 radical (unpaired) electrons. The second kappa shape index (κ2) is 12.9. The molecule has 3 aromatic carbocycles. The van der Waals surface area contributed by atoms with E-state index in [4.69, 9.17) is 0 Å². The Kier molecular flexibility index (Phi) is 9.71. The Balaban J connectivity index is 1.84. The number of nitrogens with zero attached hydrogens (tertiary/aromatic N) is 1. The van der Waals surface area contributed by atoms with Gasteiger partial charge in [0.15, 0.2) is 0 Å². The zero-order chi connectivity index (χ0) is 24.3. The van der Waals surface area contributed by atoms with Crippen LogP contribution in [0.3, 0.4) is 0 Å². The molecule has 3 rings (SSSR count). The molecule has 4 nitrogen and oxygen atoms in total. The predicted octanol–water partition coefficient (Wildman–Crippen LogP) is 5.47. The number of hydrogen-bond acceptors (Lipinski definition) is 3. The van der Waals surface area contributed by atoms with Crippen LogP contribution in [0.4, 0.5) is 4.39 Å². The van der Waals surface area contributed by atoms with Crippen molar-refractivity contribution in [3.05, 3.63) is 102 Å². The maximum Gasteiger partial charge on any atom is 0.243 e. The van der Waals surface area contributed by atoms with Crippen molar-refractivity contribution in [3.63, 3.8) is 0 Å². The smallest absolute Gasteiger partial charge is 0.243 e. The molecule has 0 aliphatic carbocycles. The average Bonchev–Trinajstić information content (AvgIpc) is 2.83. The van der Waals surface area contributed by atoms with Gasteiger partial charge >= 0.3 is 0 Å². The van der Waals surface area contributed by atoms with E-state index in [1.807, 2.05) is 74.5 Å². The summed E-state index contributed by atoms with van der Waals surface area (Å²) in [6.07, 6.45) is 0.694. The van der Waals surface area contributed by atoms with E-state index in [0.717, 1.165) is 16.0 Å². The number of benzene rings is 3. The minimum atomic E-state index is -0.677. The number of thioether (sulfide) groups is 1. The van der Waals surface area contributed by atoms with Gasteiger partial charge in [-0.2, -0.15) is 0 Å². The fourth-order valence-electron chi connectivity index (χ4n) is 3.64. The molecule has 2 amide bonds. The number of amides is 2. The molecule has 1 atom stereocenters. The van der Waals surface area contributed by atoms with Gasteiger partial charge in [-0.25, -0.2) is 4.39 Å². The summed E-state index contributed by atoms with van der Waals surface area (Å²) < 4.78 is 13.5. The van der Waals surface area contributed by atoms with Gasteiger partial charge in [0.25, 0.3) is 0 Å². The summed E-state index contributed by atoms with van der Waals surface area (Å²) in [4.78, 5) is 29.5. The molecule has 6 heteroatoms. The Morgan fingerprint density at radius 1 is 0.882 bits per heavy atom. The van der Waals surface area contributed by atoms with Crippen molar-refractivity contribution in [2.24, 2.45) is 0 Å². The van der Waals surface area contributed by atoms with Crippen LogP contribution in [-0.4, -0.2) is 34.6 Å². The molecule has 3 aromatic rings. The normalized spacial score (nSPS) is 11.8. The molecule has 0 aromatic heterocycles. The van der Waals surface area contributed by atoms with Gasteiger partial charge in [0.05, 0.1) is 0 Å². The monoisotopic (exact) mass is 478 g/mol. The lowest BCUT2D eigenvalue weighted by Crippen LogP contribution is -2.51. The molecular formula is C28H31FN2O2S. The van der Waals surface area contributed by atoms with Gasteiger partial charge in [0.2, 0.25) is 11.8 Å². The van der Waals surface area contributed by atoms with Gasteiger partial charge in [-0.15, -0.1) is 11.8 Å². The number of carbonyl (C=O) groups is 2. The Labute approximate surface area is 205 Å². The lowest BCUT2D eigenvalue weighted by molar-refractivity contribution is -0.141. The highest BCUT2D eigenvalue weighted by Crippen LogP contribution is 2.21. The van der Waals surface area contributed by atoms with E-state index in [-0.39, 0.29) is 30.2 Å². The fraction of sp³-hybridized carbons (Fsp3) is 0.286. The Hall–Kier alpha value is -3.12. The lowest BCUT2D eigenvalue weighted by atomic mass is 10.0. The average molecular weight is 479 g/mol. The van der Waals surface area contributed by atoms with E-state index in [9.17, 15) is 14.0 Å². The molecule has 0 spiro atoms. The van der Waals surface area contributed by atoms with Gasteiger partial charge in [-0.05, 0) is 49.2 Å². The molecule has 0 aliphatic heterocycles. The van der Waals surface area contributed by atoms with Crippen LogP contribution in [0.2, 0.25) is 0 Å². The number of hydrogen-bond donors (Lipinski definition) is 1. The van der Waals surface area contributed by atoms with Crippen molar-refractivity contribution in [2.75, 3.05) is 5.75 Å². The summed E-state index contributed by atoms with van der Waals surface area (Å²) in [7, 11) is 0. The number of halogens is 1. The van der Waals surface area contributed by atoms with E-state index in [0.29, 0.717) is 18.6 Å². The Morgan fingerprint density at radius 2 is 1.50 bits per heavy atom. The molecule has 0 aliphatic rings. The Bertz CT molecular complexity index is 1040. The SMILES string of the molecule is CC(C)NC(=O)C(Cc1ccccc1)N(Cc1ccc(F)cc1)C(=O)CCSc1ccccc1. The molecule has 1 N–H and O–H groups in total. The lowest BCUT2D eigenvalue weighted by Gasteiger charge is -2.32. The van der Waals surface area contributed by atoms with E-state index in [1.54, 1.807) is 28.8 Å². The van der Waals surface area contributed by atoms with Crippen molar-refractivity contribution in [1.29, 1.82) is 0 Å². The highest BCUT2D eigenvalue weighted by atomic mass is 32.2. The van der Waals surface area contributed by atoms with Gasteiger partial charge < -0.3 is 10.2 Å². The molecule has 0 saturated heterocycles. The Morgan fingerprint density at radius 3 is 2.12 bits per heavy atom. The molecule has 0 saturated carbocycles. The largest absolute Gasteiger partial charge is 0.352 e. The van der Waals surface area contributed by atoms with Crippen LogP contribution in [0.5, 0.6) is 0 Å². The summed E-state index contributed by atoms with van der Waals surface area (Å²) in [5.41, 5.74) is 1.75. The van der Waals surface area contributed by atoms with E-state index in [2.05, 4.69) is 5.32 Å². The third kappa shape index (κ3) is 8.03. The molecule has 0 heterocycles. The zero-order valence-corrected chi connectivity index (χ0v) is 20.4. The highest BCUT2D eigenvalue weighted by Gasteiger charge is 2.30. The molecular weight excluding hydrogens is 447 g/mol. The molecule has 178 valence electrons. The number of nitrogens with one attached hydrogen (secondary N) is 1. The number of rotatable bonds is 11. The summed E-state index contributed by atoms with van der Waals surface area (Å²) >= 11 is 1.61. The fourth-order valence-corrected chi connectivity index (χ4v) is 4.50. The molecule has 34 heavy (non-hydrogen) atoms. The van der Waals surface area contributed by atoms with Crippen LogP contribution in [-0.2, 0) is 22.6 Å². The van der Waals surface area contributed by atoms with Gasteiger partial charge in [-0.3, -0.25) is 9.59 Å². The second-order valence-corrected chi connectivity index (χ2v) is 9.60. The summed E-state index contributed by atoms with van der Waals surface area (Å²) in [6, 6.07) is 25.0. The minimum Gasteiger partial charge on any atom is -0.352 e. The third-order valence-corrected chi connectivity index (χ3v) is 6.31. The van der Waals surface area contributed by atoms with Gasteiger partial charge in [0, 0.05) is 36.1 Å². The predicted molar refractivity (Wildman–Crippen MR) is 136 cm³/mol. The van der Waals surface area contributed by atoms with Gasteiger partial charge in [-0.1, -0.05) is 60.7 Å². The summed E-state index contributed by atoms with van der Waals surface area (Å²) in [5.74, 6) is -0.0241. The van der Waals surface area contributed by atoms with Crippen LogP contribution < -0.4 is 5.32 Å². The summed E-state index contributed by atoms with van der Waals surface area (Å²) in [6.45, 7) is 4.04. The van der Waals surface area contributed by atoms with Crippen molar-refractivity contribution >= 4 is 23.6 Å². The summed E-state index contributed by atoms with van der Waals surface area (Å²) in [5, 5.41) is 2.98. The first kappa shape index (κ1) is 25.5. The maximum absolute atomic E-state index is 13.5. The third-order valence-electron chi connectivity index (χ3n) is 5.30. The first-order chi connectivity index (χ1) is 16.4. The maximum atomic E-state index is 13.5. The molecule has 0 bridgehead atoms. The van der Waals surface area contributed by atoms with E-state index < -0.39 is 6.04 Å². The van der Waals surface area contributed by atoms with Crippen LogP contribution >= 0.6 is 11.8 Å². The first-order valence-electron chi connectivity index (χ1n) is 11.5. The van der Waals surface area contributed by atoms with Crippen molar-refractivity contribution in [1.82, 2.24) is 10.2 Å². The highest BCUT2D eigenvalue weighted by molar-refractivity contribution is 7.99. The van der Waals surface area contributed by atoms with Crippen LogP contribution in [0.15, 0.2) is 89.8 Å². The van der Waals surface area contributed by atoms with Crippen LogP contribution in [0.1, 0.15) is 31.4 Å².